The summed E-state index contributed by atoms with van der Waals surface area (Å²) in [7, 11) is 2.92. The molecule has 0 unspecified atom stereocenters. The van der Waals surface area contributed by atoms with Gasteiger partial charge in [-0.25, -0.2) is 0 Å². The second-order valence-electron chi connectivity index (χ2n) is 5.54. The average molecular weight is 374 g/mol. The summed E-state index contributed by atoms with van der Waals surface area (Å²) in [6, 6.07) is 9.02. The SMILES string of the molecule is COc1ccc([C@@H](CC(=O)O)NC(=O)c2ccc([N+](=O)[O-])cc2)cc1OC. The van der Waals surface area contributed by atoms with Gasteiger partial charge in [0.2, 0.25) is 0 Å². The Morgan fingerprint density at radius 3 is 2.26 bits per heavy atom. The molecule has 0 radical (unpaired) electrons. The van der Waals surface area contributed by atoms with Gasteiger partial charge in [0.25, 0.3) is 11.6 Å². The number of hydrogen-bond acceptors (Lipinski definition) is 6. The smallest absolute Gasteiger partial charge is 0.305 e. The van der Waals surface area contributed by atoms with E-state index in [-0.39, 0.29) is 17.7 Å². The molecule has 2 N–H and O–H groups in total. The van der Waals surface area contributed by atoms with Crippen LogP contribution in [0.5, 0.6) is 11.5 Å². The van der Waals surface area contributed by atoms with Crippen LogP contribution in [0.1, 0.15) is 28.4 Å². The predicted octanol–water partition coefficient (Wildman–Crippen LogP) is 2.56. The van der Waals surface area contributed by atoms with Crippen molar-refractivity contribution in [2.75, 3.05) is 14.2 Å². The zero-order valence-corrected chi connectivity index (χ0v) is 14.7. The van der Waals surface area contributed by atoms with E-state index in [2.05, 4.69) is 5.32 Å². The van der Waals surface area contributed by atoms with Crippen molar-refractivity contribution in [3.8, 4) is 11.5 Å². The number of nitro groups is 1. The van der Waals surface area contributed by atoms with Gasteiger partial charge in [0.1, 0.15) is 0 Å². The number of methoxy groups -OCH3 is 2. The molecule has 27 heavy (non-hydrogen) atoms. The number of aliphatic carboxylic acids is 1. The summed E-state index contributed by atoms with van der Waals surface area (Å²) in [6.07, 6.45) is -0.353. The zero-order valence-electron chi connectivity index (χ0n) is 14.7. The first-order chi connectivity index (χ1) is 12.8. The largest absolute Gasteiger partial charge is 0.493 e. The molecule has 0 saturated carbocycles. The Morgan fingerprint density at radius 1 is 1.11 bits per heavy atom. The minimum Gasteiger partial charge on any atom is -0.493 e. The van der Waals surface area contributed by atoms with Crippen molar-refractivity contribution in [3.63, 3.8) is 0 Å². The van der Waals surface area contributed by atoms with Crippen LogP contribution in [0.2, 0.25) is 0 Å². The molecule has 0 heterocycles. The van der Waals surface area contributed by atoms with E-state index < -0.39 is 22.8 Å². The first-order valence-electron chi connectivity index (χ1n) is 7.84. The maximum Gasteiger partial charge on any atom is 0.305 e. The molecule has 0 saturated heterocycles. The molecule has 142 valence electrons. The molecular weight excluding hydrogens is 356 g/mol. The molecule has 0 aliphatic carbocycles. The standard InChI is InChI=1S/C18H18N2O7/c1-26-15-8-5-12(9-16(15)27-2)14(10-17(21)22)19-18(23)11-3-6-13(7-4-11)20(24)25/h3-9,14H,10H2,1-2H3,(H,19,23)(H,21,22)/t14-/m1/s1. The van der Waals surface area contributed by atoms with Gasteiger partial charge < -0.3 is 19.9 Å². The molecular formula is C18H18N2O7. The Bertz CT molecular complexity index is 849. The minimum absolute atomic E-state index is 0.145. The van der Waals surface area contributed by atoms with Crippen LogP contribution in [0, 0.1) is 10.1 Å². The number of benzene rings is 2. The lowest BCUT2D eigenvalue weighted by atomic mass is 10.0. The fourth-order valence-electron chi connectivity index (χ4n) is 2.47. The van der Waals surface area contributed by atoms with Crippen LogP contribution >= 0.6 is 0 Å². The Labute approximate surface area is 154 Å². The molecule has 0 spiro atoms. The Kier molecular flexibility index (Phi) is 6.32. The molecule has 1 amide bonds. The molecule has 0 bridgehead atoms. The van der Waals surface area contributed by atoms with Gasteiger partial charge in [0.15, 0.2) is 11.5 Å². The summed E-state index contributed by atoms with van der Waals surface area (Å²) in [4.78, 5) is 33.8. The molecule has 0 fully saturated rings. The molecule has 2 aromatic rings. The Hall–Kier alpha value is -3.62. The third-order valence-electron chi connectivity index (χ3n) is 3.83. The number of ether oxygens (including phenoxy) is 2. The van der Waals surface area contributed by atoms with Gasteiger partial charge in [0, 0.05) is 17.7 Å². The number of nitrogens with one attached hydrogen (secondary N) is 1. The summed E-state index contributed by atoms with van der Waals surface area (Å²) >= 11 is 0. The predicted molar refractivity (Wildman–Crippen MR) is 95.1 cm³/mol. The highest BCUT2D eigenvalue weighted by Crippen LogP contribution is 2.31. The number of carboxylic acid groups (broad SMARTS) is 1. The summed E-state index contributed by atoms with van der Waals surface area (Å²) in [5, 5.41) is 22.5. The molecule has 0 aromatic heterocycles. The number of nitro benzene ring substituents is 1. The van der Waals surface area contributed by atoms with Crippen molar-refractivity contribution in [2.24, 2.45) is 0 Å². The minimum atomic E-state index is -1.10. The van der Waals surface area contributed by atoms with Gasteiger partial charge in [-0.2, -0.15) is 0 Å². The summed E-state index contributed by atoms with van der Waals surface area (Å²) < 4.78 is 10.4. The van der Waals surface area contributed by atoms with Crippen LogP contribution in [0.4, 0.5) is 5.69 Å². The maximum absolute atomic E-state index is 12.4. The monoisotopic (exact) mass is 374 g/mol. The van der Waals surface area contributed by atoms with Crippen molar-refractivity contribution in [3.05, 3.63) is 63.7 Å². The number of carboxylic acids is 1. The number of amides is 1. The van der Waals surface area contributed by atoms with Gasteiger partial charge in [0.05, 0.1) is 31.6 Å². The average Bonchev–Trinajstić information content (AvgIpc) is 2.66. The molecule has 9 heteroatoms. The highest BCUT2D eigenvalue weighted by atomic mass is 16.6. The van der Waals surface area contributed by atoms with Crippen LogP contribution in [-0.2, 0) is 4.79 Å². The van der Waals surface area contributed by atoms with Crippen LogP contribution in [-0.4, -0.2) is 36.1 Å². The lowest BCUT2D eigenvalue weighted by molar-refractivity contribution is -0.384. The second kappa shape index (κ2) is 8.65. The van der Waals surface area contributed by atoms with E-state index in [9.17, 15) is 24.8 Å². The van der Waals surface area contributed by atoms with E-state index in [4.69, 9.17) is 9.47 Å². The van der Waals surface area contributed by atoms with Crippen molar-refractivity contribution < 1.29 is 29.1 Å². The lowest BCUT2D eigenvalue weighted by Crippen LogP contribution is -2.30. The van der Waals surface area contributed by atoms with Gasteiger partial charge in [-0.05, 0) is 29.8 Å². The van der Waals surface area contributed by atoms with Crippen molar-refractivity contribution in [1.82, 2.24) is 5.32 Å². The number of carbonyl (C=O) groups excluding carboxylic acids is 1. The van der Waals surface area contributed by atoms with E-state index in [1.54, 1.807) is 18.2 Å². The van der Waals surface area contributed by atoms with Crippen molar-refractivity contribution in [1.29, 1.82) is 0 Å². The van der Waals surface area contributed by atoms with E-state index in [0.29, 0.717) is 17.1 Å². The zero-order chi connectivity index (χ0) is 20.0. The molecule has 0 aliphatic heterocycles. The van der Waals surface area contributed by atoms with Crippen LogP contribution < -0.4 is 14.8 Å². The normalized spacial score (nSPS) is 11.3. The first kappa shape index (κ1) is 19.7. The third-order valence-corrected chi connectivity index (χ3v) is 3.83. The fourth-order valence-corrected chi connectivity index (χ4v) is 2.47. The van der Waals surface area contributed by atoms with Crippen molar-refractivity contribution in [2.45, 2.75) is 12.5 Å². The number of hydrogen-bond donors (Lipinski definition) is 2. The lowest BCUT2D eigenvalue weighted by Gasteiger charge is -2.19. The number of nitrogens with zero attached hydrogens (tertiary/aromatic N) is 1. The Balaban J connectivity index is 2.27. The van der Waals surface area contributed by atoms with Gasteiger partial charge in [-0.1, -0.05) is 6.07 Å². The van der Waals surface area contributed by atoms with Crippen molar-refractivity contribution >= 4 is 17.6 Å². The van der Waals surface area contributed by atoms with E-state index in [1.165, 1.54) is 38.5 Å². The molecule has 2 rings (SSSR count). The van der Waals surface area contributed by atoms with Gasteiger partial charge >= 0.3 is 5.97 Å². The summed E-state index contributed by atoms with van der Waals surface area (Å²) in [5.41, 5.74) is 0.551. The van der Waals surface area contributed by atoms with E-state index in [1.807, 2.05) is 0 Å². The van der Waals surface area contributed by atoms with E-state index >= 15 is 0 Å². The number of carbonyl (C=O) groups is 2. The van der Waals surface area contributed by atoms with E-state index in [0.717, 1.165) is 0 Å². The third kappa shape index (κ3) is 4.94. The molecule has 2 aromatic carbocycles. The highest BCUT2D eigenvalue weighted by molar-refractivity contribution is 5.94. The van der Waals surface area contributed by atoms with Crippen LogP contribution in [0.25, 0.3) is 0 Å². The quantitative estimate of drug-likeness (QED) is 0.537. The van der Waals surface area contributed by atoms with Crippen LogP contribution in [0.15, 0.2) is 42.5 Å². The van der Waals surface area contributed by atoms with Crippen LogP contribution in [0.3, 0.4) is 0 Å². The highest BCUT2D eigenvalue weighted by Gasteiger charge is 2.21. The topological polar surface area (TPSA) is 128 Å². The fraction of sp³-hybridized carbons (Fsp3) is 0.222. The second-order valence-corrected chi connectivity index (χ2v) is 5.54. The van der Waals surface area contributed by atoms with Gasteiger partial charge in [-0.15, -0.1) is 0 Å². The first-order valence-corrected chi connectivity index (χ1v) is 7.84. The number of rotatable bonds is 8. The summed E-state index contributed by atoms with van der Waals surface area (Å²) in [6.45, 7) is 0. The summed E-state index contributed by atoms with van der Waals surface area (Å²) in [5.74, 6) is -0.781. The molecule has 9 nitrogen and oxygen atoms in total. The maximum atomic E-state index is 12.4. The van der Waals surface area contributed by atoms with Gasteiger partial charge in [-0.3, -0.25) is 19.7 Å². The number of non-ortho nitro benzene ring substituents is 1. The molecule has 1 atom stereocenters. The molecule has 0 aliphatic rings. The Morgan fingerprint density at radius 2 is 1.74 bits per heavy atom.